The van der Waals surface area contributed by atoms with Crippen LogP contribution in [0.1, 0.15) is 42.5 Å². The Morgan fingerprint density at radius 1 is 1.11 bits per heavy atom. The van der Waals surface area contributed by atoms with Crippen molar-refractivity contribution in [2.24, 2.45) is 13.0 Å². The summed E-state index contributed by atoms with van der Waals surface area (Å²) in [5.41, 5.74) is 2.97. The number of benzene rings is 2. The first-order valence-corrected chi connectivity index (χ1v) is 12.7. The van der Waals surface area contributed by atoms with Crippen LogP contribution in [0.2, 0.25) is 0 Å². The van der Waals surface area contributed by atoms with Gasteiger partial charge < -0.3 is 19.9 Å². The van der Waals surface area contributed by atoms with Crippen LogP contribution in [0.15, 0.2) is 77.3 Å². The number of carbonyl (C=O) groups is 1. The molecule has 2 N–H and O–H groups in total. The average molecular weight is 506 g/mol. The Bertz CT molecular complexity index is 1280. The van der Waals surface area contributed by atoms with Gasteiger partial charge in [-0.1, -0.05) is 48.5 Å². The van der Waals surface area contributed by atoms with Crippen LogP contribution in [0.3, 0.4) is 0 Å². The van der Waals surface area contributed by atoms with Gasteiger partial charge in [-0.05, 0) is 50.5 Å². The van der Waals surface area contributed by atoms with Crippen molar-refractivity contribution in [2.45, 2.75) is 45.4 Å². The molecule has 0 saturated heterocycles. The lowest BCUT2D eigenvalue weighted by molar-refractivity contribution is -0.166. The molecule has 8 heteroatoms. The number of ether oxygens (including phenoxy) is 2. The van der Waals surface area contributed by atoms with Crippen LogP contribution < -0.4 is 10.9 Å². The Balaban J connectivity index is 1.76. The van der Waals surface area contributed by atoms with Gasteiger partial charge in [-0.15, -0.1) is 0 Å². The van der Waals surface area contributed by atoms with Crippen molar-refractivity contribution in [1.29, 1.82) is 0 Å². The van der Waals surface area contributed by atoms with E-state index in [4.69, 9.17) is 9.47 Å². The van der Waals surface area contributed by atoms with E-state index in [1.165, 1.54) is 0 Å². The maximum Gasteiger partial charge on any atom is 0.286 e. The lowest BCUT2D eigenvalue weighted by Crippen LogP contribution is -2.40. The molecule has 2 heterocycles. The molecule has 8 nitrogen and oxygen atoms in total. The predicted octanol–water partition coefficient (Wildman–Crippen LogP) is 3.55. The van der Waals surface area contributed by atoms with Crippen LogP contribution in [0.25, 0.3) is 5.69 Å². The minimum absolute atomic E-state index is 0.0121. The Hall–Kier alpha value is -3.62. The Morgan fingerprint density at radius 2 is 1.78 bits per heavy atom. The molecule has 0 spiro atoms. The molecule has 1 amide bonds. The summed E-state index contributed by atoms with van der Waals surface area (Å²) in [4.78, 5) is 27.1. The van der Waals surface area contributed by atoms with Crippen LogP contribution in [0.4, 0.5) is 0 Å². The number of allylic oxidation sites excluding steroid dienone is 1. The van der Waals surface area contributed by atoms with E-state index in [9.17, 15) is 14.7 Å². The van der Waals surface area contributed by atoms with Crippen molar-refractivity contribution < 1.29 is 19.4 Å². The van der Waals surface area contributed by atoms with Gasteiger partial charge in [0.15, 0.2) is 5.76 Å². The van der Waals surface area contributed by atoms with Crippen molar-refractivity contribution in [3.05, 3.63) is 99.7 Å². The highest BCUT2D eigenvalue weighted by Gasteiger charge is 2.40. The first-order chi connectivity index (χ1) is 18.0. The molecule has 1 aliphatic rings. The number of hydrogen-bond acceptors (Lipinski definition) is 5. The Morgan fingerprint density at radius 3 is 2.43 bits per heavy atom. The van der Waals surface area contributed by atoms with Gasteiger partial charge in [0.05, 0.1) is 5.69 Å². The van der Waals surface area contributed by atoms with Gasteiger partial charge in [-0.2, -0.15) is 0 Å². The highest BCUT2D eigenvalue weighted by Crippen LogP contribution is 2.39. The van der Waals surface area contributed by atoms with E-state index in [1.54, 1.807) is 10.8 Å². The monoisotopic (exact) mass is 505 g/mol. The maximum atomic E-state index is 13.9. The lowest BCUT2D eigenvalue weighted by atomic mass is 9.80. The lowest BCUT2D eigenvalue weighted by Gasteiger charge is -2.36. The molecule has 1 aliphatic heterocycles. The van der Waals surface area contributed by atoms with E-state index in [1.807, 2.05) is 86.2 Å². The van der Waals surface area contributed by atoms with Crippen LogP contribution in [0, 0.1) is 12.8 Å². The minimum Gasteiger partial charge on any atom is -0.459 e. The molecule has 0 bridgehead atoms. The summed E-state index contributed by atoms with van der Waals surface area (Å²) in [5.74, 6) is -0.918. The summed E-state index contributed by atoms with van der Waals surface area (Å²) < 4.78 is 15.5. The highest BCUT2D eigenvalue weighted by molar-refractivity contribution is 5.91. The summed E-state index contributed by atoms with van der Waals surface area (Å²) in [6.07, 6.45) is 2.11. The standard InChI is InChI=1S/C29H35N3O5/c1-4-36-29-23(16-11-17-33)24(18-25(37-29)27(34)30-19-21-12-7-5-8-13-21)26-20(2)31(3)32(28(26)35)22-14-9-6-10-15-22/h5-10,12-15,18,23-24,29,33H,4,11,16-17,19H2,1-3H3,(H,30,34). The number of hydrogen-bond donors (Lipinski definition) is 2. The fourth-order valence-electron chi connectivity index (χ4n) is 4.94. The molecular weight excluding hydrogens is 470 g/mol. The Labute approximate surface area is 217 Å². The quantitative estimate of drug-likeness (QED) is 0.440. The van der Waals surface area contributed by atoms with Crippen LogP contribution in [-0.4, -0.2) is 39.9 Å². The van der Waals surface area contributed by atoms with E-state index < -0.39 is 12.2 Å². The van der Waals surface area contributed by atoms with Gasteiger partial charge >= 0.3 is 0 Å². The van der Waals surface area contributed by atoms with Gasteiger partial charge in [-0.3, -0.25) is 14.3 Å². The number of carbonyl (C=O) groups excluding carboxylic acids is 1. The van der Waals surface area contributed by atoms with Gasteiger partial charge in [0, 0.05) is 49.9 Å². The summed E-state index contributed by atoms with van der Waals surface area (Å²) in [6, 6.07) is 19.1. The maximum absolute atomic E-state index is 13.9. The second-order valence-corrected chi connectivity index (χ2v) is 9.17. The molecule has 0 fully saturated rings. The zero-order valence-corrected chi connectivity index (χ0v) is 21.6. The molecule has 1 aromatic heterocycles. The van der Waals surface area contributed by atoms with Crippen LogP contribution in [-0.2, 0) is 27.9 Å². The third kappa shape index (κ3) is 5.70. The van der Waals surface area contributed by atoms with Crippen molar-refractivity contribution in [3.63, 3.8) is 0 Å². The van der Waals surface area contributed by atoms with Crippen molar-refractivity contribution in [3.8, 4) is 5.69 Å². The number of rotatable bonds is 10. The van der Waals surface area contributed by atoms with E-state index in [0.717, 1.165) is 16.9 Å². The minimum atomic E-state index is -0.729. The van der Waals surface area contributed by atoms with E-state index in [2.05, 4.69) is 5.32 Å². The number of aliphatic hydroxyl groups is 1. The second kappa shape index (κ2) is 12.1. The molecule has 3 aromatic rings. The fourth-order valence-corrected chi connectivity index (χ4v) is 4.94. The molecule has 2 aromatic carbocycles. The number of nitrogens with one attached hydrogen (secondary N) is 1. The van der Waals surface area contributed by atoms with E-state index >= 15 is 0 Å². The summed E-state index contributed by atoms with van der Waals surface area (Å²) in [7, 11) is 1.85. The molecule has 0 saturated carbocycles. The zero-order chi connectivity index (χ0) is 26.4. The van der Waals surface area contributed by atoms with Crippen molar-refractivity contribution >= 4 is 5.91 Å². The molecule has 196 valence electrons. The molecule has 3 unspecified atom stereocenters. The fraction of sp³-hybridized carbons (Fsp3) is 0.379. The van der Waals surface area contributed by atoms with Gasteiger partial charge in [0.2, 0.25) is 6.29 Å². The topological polar surface area (TPSA) is 94.7 Å². The average Bonchev–Trinajstić information content (AvgIpc) is 3.14. The van der Waals surface area contributed by atoms with E-state index in [0.29, 0.717) is 31.6 Å². The van der Waals surface area contributed by atoms with Gasteiger partial charge in [0.1, 0.15) is 0 Å². The van der Waals surface area contributed by atoms with Crippen molar-refractivity contribution in [2.75, 3.05) is 13.2 Å². The summed E-state index contributed by atoms with van der Waals surface area (Å²) in [5, 5.41) is 12.5. The number of amides is 1. The molecule has 4 rings (SSSR count). The molecule has 37 heavy (non-hydrogen) atoms. The largest absolute Gasteiger partial charge is 0.459 e. The normalized spacial score (nSPS) is 19.2. The second-order valence-electron chi connectivity index (χ2n) is 9.17. The number of nitrogens with zero attached hydrogens (tertiary/aromatic N) is 2. The van der Waals surface area contributed by atoms with Crippen LogP contribution in [0.5, 0.6) is 0 Å². The first-order valence-electron chi connectivity index (χ1n) is 12.7. The third-order valence-corrected chi connectivity index (χ3v) is 6.86. The zero-order valence-electron chi connectivity index (χ0n) is 21.6. The number of para-hydroxylation sites is 1. The summed E-state index contributed by atoms with van der Waals surface area (Å²) in [6.45, 7) is 4.52. The molecule has 3 atom stereocenters. The smallest absolute Gasteiger partial charge is 0.286 e. The first kappa shape index (κ1) is 26.4. The Kier molecular flexibility index (Phi) is 8.63. The molecule has 0 radical (unpaired) electrons. The van der Waals surface area contributed by atoms with Gasteiger partial charge in [0.25, 0.3) is 11.5 Å². The van der Waals surface area contributed by atoms with Crippen molar-refractivity contribution in [1.82, 2.24) is 14.7 Å². The molecular formula is C29H35N3O5. The van der Waals surface area contributed by atoms with Crippen LogP contribution >= 0.6 is 0 Å². The number of aromatic nitrogens is 2. The number of aliphatic hydroxyl groups excluding tert-OH is 1. The third-order valence-electron chi connectivity index (χ3n) is 6.86. The van der Waals surface area contributed by atoms with E-state index in [-0.39, 0.29) is 29.8 Å². The van der Waals surface area contributed by atoms with Gasteiger partial charge in [-0.25, -0.2) is 4.68 Å². The SMILES string of the molecule is CCOC1OC(C(=O)NCc2ccccc2)=CC(c2c(C)n(C)n(-c3ccccc3)c2=O)C1CCCO. The molecule has 0 aliphatic carbocycles. The predicted molar refractivity (Wildman–Crippen MR) is 141 cm³/mol. The highest BCUT2D eigenvalue weighted by atomic mass is 16.7. The summed E-state index contributed by atoms with van der Waals surface area (Å²) >= 11 is 0.